The van der Waals surface area contributed by atoms with Gasteiger partial charge in [-0.15, -0.1) is 11.3 Å². The number of carbonyl (C=O) groups excluding carboxylic acids is 2. The van der Waals surface area contributed by atoms with E-state index in [1.807, 2.05) is 47.8 Å². The summed E-state index contributed by atoms with van der Waals surface area (Å²) in [6, 6.07) is 14.9. The van der Waals surface area contributed by atoms with Gasteiger partial charge in [0, 0.05) is 34.8 Å². The molecule has 3 aromatic rings. The SMILES string of the molecule is CC(=O)Nc1ccc(-c2csc(Nc3cccc(C(C)=O)c3)n2)cc1. The molecule has 0 fully saturated rings. The Morgan fingerprint density at radius 2 is 1.76 bits per heavy atom. The Kier molecular flexibility index (Phi) is 4.90. The highest BCUT2D eigenvalue weighted by Crippen LogP contribution is 2.28. The molecule has 1 aromatic heterocycles. The van der Waals surface area contributed by atoms with Crippen molar-refractivity contribution in [1.29, 1.82) is 0 Å². The Balaban J connectivity index is 1.75. The van der Waals surface area contributed by atoms with Crippen molar-refractivity contribution in [2.24, 2.45) is 0 Å². The van der Waals surface area contributed by atoms with Crippen LogP contribution in [0.15, 0.2) is 53.9 Å². The lowest BCUT2D eigenvalue weighted by atomic mass is 10.1. The second-order valence-corrected chi connectivity index (χ2v) is 6.42. The van der Waals surface area contributed by atoms with Crippen molar-refractivity contribution in [3.8, 4) is 11.3 Å². The van der Waals surface area contributed by atoms with Gasteiger partial charge in [0.15, 0.2) is 10.9 Å². The van der Waals surface area contributed by atoms with E-state index in [2.05, 4.69) is 15.6 Å². The van der Waals surface area contributed by atoms with E-state index in [0.717, 1.165) is 27.8 Å². The number of benzene rings is 2. The minimum Gasteiger partial charge on any atom is -0.332 e. The van der Waals surface area contributed by atoms with E-state index in [0.29, 0.717) is 5.56 Å². The average Bonchev–Trinajstić information content (AvgIpc) is 3.03. The van der Waals surface area contributed by atoms with E-state index in [-0.39, 0.29) is 11.7 Å². The number of thiazole rings is 1. The standard InChI is InChI=1S/C19H17N3O2S/c1-12(23)15-4-3-5-17(10-15)21-19-22-18(11-25-19)14-6-8-16(9-7-14)20-13(2)24/h3-11H,1-2H3,(H,20,24)(H,21,22). The third-order valence-corrected chi connectivity index (χ3v) is 4.28. The number of anilines is 3. The van der Waals surface area contributed by atoms with Crippen molar-refractivity contribution >= 4 is 39.5 Å². The highest BCUT2D eigenvalue weighted by Gasteiger charge is 2.07. The zero-order valence-corrected chi connectivity index (χ0v) is 14.7. The summed E-state index contributed by atoms with van der Waals surface area (Å²) in [6.07, 6.45) is 0. The Hall–Kier alpha value is -2.99. The molecule has 5 nitrogen and oxygen atoms in total. The van der Waals surface area contributed by atoms with Crippen LogP contribution in [0.25, 0.3) is 11.3 Å². The van der Waals surface area contributed by atoms with Crippen LogP contribution in [0.1, 0.15) is 24.2 Å². The molecule has 3 rings (SSSR count). The van der Waals surface area contributed by atoms with Gasteiger partial charge in [0.1, 0.15) is 0 Å². The second kappa shape index (κ2) is 7.27. The number of hydrogen-bond donors (Lipinski definition) is 2. The number of nitrogens with one attached hydrogen (secondary N) is 2. The summed E-state index contributed by atoms with van der Waals surface area (Å²) in [4.78, 5) is 27.1. The zero-order chi connectivity index (χ0) is 17.8. The molecule has 0 spiro atoms. The Labute approximate surface area is 149 Å². The molecule has 0 aliphatic heterocycles. The molecule has 2 aromatic carbocycles. The monoisotopic (exact) mass is 351 g/mol. The molecule has 1 heterocycles. The van der Waals surface area contributed by atoms with Gasteiger partial charge in [-0.1, -0.05) is 24.3 Å². The van der Waals surface area contributed by atoms with Crippen LogP contribution < -0.4 is 10.6 Å². The van der Waals surface area contributed by atoms with Gasteiger partial charge in [-0.3, -0.25) is 9.59 Å². The lowest BCUT2D eigenvalue weighted by Gasteiger charge is -2.04. The first-order valence-corrected chi connectivity index (χ1v) is 8.61. The van der Waals surface area contributed by atoms with E-state index in [1.165, 1.54) is 18.3 Å². The maximum atomic E-state index is 11.5. The number of rotatable bonds is 5. The molecular formula is C19H17N3O2S. The van der Waals surface area contributed by atoms with Gasteiger partial charge in [0.05, 0.1) is 5.69 Å². The van der Waals surface area contributed by atoms with Crippen LogP contribution in [0.3, 0.4) is 0 Å². The fraction of sp³-hybridized carbons (Fsp3) is 0.105. The van der Waals surface area contributed by atoms with Gasteiger partial charge in [-0.2, -0.15) is 0 Å². The van der Waals surface area contributed by atoms with Crippen molar-refractivity contribution in [2.75, 3.05) is 10.6 Å². The number of aromatic nitrogens is 1. The maximum absolute atomic E-state index is 11.5. The maximum Gasteiger partial charge on any atom is 0.221 e. The summed E-state index contributed by atoms with van der Waals surface area (Å²) in [5.41, 5.74) is 4.07. The molecular weight excluding hydrogens is 334 g/mol. The van der Waals surface area contributed by atoms with Gasteiger partial charge in [-0.05, 0) is 31.2 Å². The molecule has 1 amide bonds. The summed E-state index contributed by atoms with van der Waals surface area (Å²) >= 11 is 1.49. The molecule has 0 atom stereocenters. The molecule has 0 bridgehead atoms. The zero-order valence-electron chi connectivity index (χ0n) is 13.9. The van der Waals surface area contributed by atoms with E-state index in [9.17, 15) is 9.59 Å². The normalized spacial score (nSPS) is 10.3. The van der Waals surface area contributed by atoms with E-state index in [4.69, 9.17) is 0 Å². The molecule has 0 saturated carbocycles. The summed E-state index contributed by atoms with van der Waals surface area (Å²) in [5.74, 6) is -0.0663. The Bertz CT molecular complexity index is 916. The minimum absolute atomic E-state index is 0.0303. The number of nitrogens with zero attached hydrogens (tertiary/aromatic N) is 1. The molecule has 0 aliphatic carbocycles. The first kappa shape index (κ1) is 16.9. The summed E-state index contributed by atoms with van der Waals surface area (Å²) in [6.45, 7) is 3.03. The predicted octanol–water partition coefficient (Wildman–Crippen LogP) is 4.71. The molecule has 0 unspecified atom stereocenters. The molecule has 0 aliphatic rings. The van der Waals surface area contributed by atoms with Crippen LogP contribution >= 0.6 is 11.3 Å². The third-order valence-electron chi connectivity index (χ3n) is 3.53. The van der Waals surface area contributed by atoms with Crippen LogP contribution in [0.4, 0.5) is 16.5 Å². The Morgan fingerprint density at radius 1 is 1.00 bits per heavy atom. The molecule has 25 heavy (non-hydrogen) atoms. The van der Waals surface area contributed by atoms with Gasteiger partial charge < -0.3 is 10.6 Å². The minimum atomic E-state index is -0.0966. The summed E-state index contributed by atoms with van der Waals surface area (Å²) in [5, 5.41) is 8.68. The van der Waals surface area contributed by atoms with Crippen molar-refractivity contribution in [3.05, 3.63) is 59.5 Å². The fourth-order valence-corrected chi connectivity index (χ4v) is 3.07. The number of carbonyl (C=O) groups is 2. The lowest BCUT2D eigenvalue weighted by molar-refractivity contribution is -0.114. The van der Waals surface area contributed by atoms with Crippen LogP contribution in [-0.2, 0) is 4.79 Å². The van der Waals surface area contributed by atoms with Crippen molar-refractivity contribution in [3.63, 3.8) is 0 Å². The first-order chi connectivity index (χ1) is 12.0. The number of Topliss-reactive ketones (excluding diaryl/α,β-unsaturated/α-hetero) is 1. The fourth-order valence-electron chi connectivity index (χ4n) is 2.33. The molecule has 2 N–H and O–H groups in total. The molecule has 0 saturated heterocycles. The van der Waals surface area contributed by atoms with E-state index in [1.54, 1.807) is 13.0 Å². The number of ketones is 1. The lowest BCUT2D eigenvalue weighted by Crippen LogP contribution is -2.05. The quantitative estimate of drug-likeness (QED) is 0.653. The molecule has 0 radical (unpaired) electrons. The number of hydrogen-bond acceptors (Lipinski definition) is 5. The average molecular weight is 351 g/mol. The van der Waals surface area contributed by atoms with Crippen LogP contribution in [0.5, 0.6) is 0 Å². The summed E-state index contributed by atoms with van der Waals surface area (Å²) in [7, 11) is 0. The summed E-state index contributed by atoms with van der Waals surface area (Å²) < 4.78 is 0. The largest absolute Gasteiger partial charge is 0.332 e. The Morgan fingerprint density at radius 3 is 2.44 bits per heavy atom. The van der Waals surface area contributed by atoms with E-state index >= 15 is 0 Å². The molecule has 126 valence electrons. The molecule has 6 heteroatoms. The third kappa shape index (κ3) is 4.30. The van der Waals surface area contributed by atoms with Gasteiger partial charge in [-0.25, -0.2) is 4.98 Å². The van der Waals surface area contributed by atoms with Crippen molar-refractivity contribution in [2.45, 2.75) is 13.8 Å². The van der Waals surface area contributed by atoms with Crippen LogP contribution in [-0.4, -0.2) is 16.7 Å². The highest BCUT2D eigenvalue weighted by molar-refractivity contribution is 7.14. The van der Waals surface area contributed by atoms with Gasteiger partial charge in [0.2, 0.25) is 5.91 Å². The van der Waals surface area contributed by atoms with E-state index < -0.39 is 0 Å². The predicted molar refractivity (Wildman–Crippen MR) is 102 cm³/mol. The first-order valence-electron chi connectivity index (χ1n) is 7.73. The van der Waals surface area contributed by atoms with Gasteiger partial charge >= 0.3 is 0 Å². The topological polar surface area (TPSA) is 71.1 Å². The van der Waals surface area contributed by atoms with Crippen LogP contribution in [0.2, 0.25) is 0 Å². The van der Waals surface area contributed by atoms with Crippen molar-refractivity contribution in [1.82, 2.24) is 4.98 Å². The second-order valence-electron chi connectivity index (χ2n) is 5.56. The number of amides is 1. The highest BCUT2D eigenvalue weighted by atomic mass is 32.1. The van der Waals surface area contributed by atoms with Gasteiger partial charge in [0.25, 0.3) is 0 Å². The van der Waals surface area contributed by atoms with Crippen molar-refractivity contribution < 1.29 is 9.59 Å². The smallest absolute Gasteiger partial charge is 0.221 e. The van der Waals surface area contributed by atoms with Crippen LogP contribution in [0, 0.1) is 0 Å².